The summed E-state index contributed by atoms with van der Waals surface area (Å²) in [4.78, 5) is 16.5. The first-order valence-electron chi connectivity index (χ1n) is 21.9. The van der Waals surface area contributed by atoms with Gasteiger partial charge in [-0.15, -0.1) is 0 Å². The van der Waals surface area contributed by atoms with E-state index in [1.54, 1.807) is 0 Å². The largest absolute Gasteiger partial charge is 0.278 e. The second-order valence-electron chi connectivity index (χ2n) is 17.3. The van der Waals surface area contributed by atoms with Crippen molar-refractivity contribution in [3.05, 3.63) is 230 Å². The molecule has 12 rings (SSSR count). The lowest BCUT2D eigenvalue weighted by atomic mass is 9.82. The van der Waals surface area contributed by atoms with Crippen LogP contribution in [0.3, 0.4) is 0 Å². The van der Waals surface area contributed by atoms with Crippen molar-refractivity contribution < 1.29 is 0 Å². The number of aromatic nitrogens is 4. The van der Waals surface area contributed by atoms with E-state index >= 15 is 0 Å². The first-order chi connectivity index (χ1) is 31.5. The van der Waals surface area contributed by atoms with Crippen LogP contribution in [0.4, 0.5) is 0 Å². The smallest absolute Gasteiger partial charge is 0.238 e. The second kappa shape index (κ2) is 15.0. The van der Waals surface area contributed by atoms with Crippen LogP contribution in [0, 0.1) is 0 Å². The predicted molar refractivity (Wildman–Crippen MR) is 264 cm³/mol. The average molecular weight is 819 g/mol. The third-order valence-electron chi connectivity index (χ3n) is 13.0. The van der Waals surface area contributed by atoms with E-state index in [4.69, 9.17) is 15.0 Å². The minimum absolute atomic E-state index is 0.186. The first kappa shape index (κ1) is 37.5. The van der Waals surface area contributed by atoms with Crippen LogP contribution in [0.25, 0.3) is 106 Å². The van der Waals surface area contributed by atoms with Crippen LogP contribution in [0.15, 0.2) is 218 Å². The molecule has 0 fully saturated rings. The van der Waals surface area contributed by atoms with Crippen molar-refractivity contribution in [2.75, 3.05) is 0 Å². The van der Waals surface area contributed by atoms with Gasteiger partial charge in [0.2, 0.25) is 5.95 Å². The number of hydrogen-bond acceptors (Lipinski definition) is 3. The number of hydrogen-bond donors (Lipinski definition) is 0. The van der Waals surface area contributed by atoms with Crippen molar-refractivity contribution in [1.82, 2.24) is 19.5 Å². The lowest BCUT2D eigenvalue weighted by molar-refractivity contribution is 0.661. The van der Waals surface area contributed by atoms with E-state index in [2.05, 4.69) is 237 Å². The Morgan fingerprint density at radius 3 is 1.23 bits per heavy atom. The Hall–Kier alpha value is -8.21. The molecule has 4 nitrogen and oxygen atoms in total. The highest BCUT2D eigenvalue weighted by molar-refractivity contribution is 6.11. The molecule has 0 N–H and O–H groups in total. The molecule has 0 radical (unpaired) electrons. The number of fused-ring (bicyclic) bond motifs is 6. The molecule has 0 amide bonds. The van der Waals surface area contributed by atoms with Gasteiger partial charge in [0.15, 0.2) is 11.6 Å². The molecule has 9 aromatic carbocycles. The van der Waals surface area contributed by atoms with Crippen LogP contribution in [-0.4, -0.2) is 19.5 Å². The van der Waals surface area contributed by atoms with Crippen LogP contribution >= 0.6 is 0 Å². The normalized spacial score (nSPS) is 12.7. The molecule has 0 atom stereocenters. The number of benzene rings is 9. The van der Waals surface area contributed by atoms with Crippen molar-refractivity contribution in [3.63, 3.8) is 0 Å². The molecule has 11 aromatic rings. The van der Waals surface area contributed by atoms with Crippen LogP contribution in [0.5, 0.6) is 0 Å². The third-order valence-corrected chi connectivity index (χ3v) is 13.0. The Kier molecular flexibility index (Phi) is 8.80. The Morgan fingerprint density at radius 2 is 0.734 bits per heavy atom. The molecule has 64 heavy (non-hydrogen) atoms. The molecular formula is C60H42N4. The standard InChI is InChI=1S/C60H42N4/c1-60(2)53-29-17-15-27-49(53)51-37-52-50-28-16-18-30-55(50)64(56(52)38-54(51)60)59-62-57(47-33-43(39-19-7-3-8-20-39)31-44(34-47)40-21-9-4-10-22-40)61-58(63-59)48-35-45(41-23-11-5-12-24-41)32-46(36-48)42-25-13-6-14-26-42/h3-38H,1-2H3. The lowest BCUT2D eigenvalue weighted by Gasteiger charge is -2.21. The maximum Gasteiger partial charge on any atom is 0.238 e. The number of rotatable bonds is 7. The maximum atomic E-state index is 5.51. The Labute approximate surface area is 372 Å². The summed E-state index contributed by atoms with van der Waals surface area (Å²) in [5, 5.41) is 2.32. The Bertz CT molecular complexity index is 3290. The van der Waals surface area contributed by atoms with E-state index in [0.717, 1.165) is 72.1 Å². The topological polar surface area (TPSA) is 43.6 Å². The monoisotopic (exact) mass is 818 g/mol. The van der Waals surface area contributed by atoms with Gasteiger partial charge in [0.1, 0.15) is 0 Å². The predicted octanol–water partition coefficient (Wildman–Crippen LogP) is 15.3. The lowest BCUT2D eigenvalue weighted by Crippen LogP contribution is -2.15. The molecule has 1 aliphatic carbocycles. The summed E-state index contributed by atoms with van der Waals surface area (Å²) in [5.41, 5.74) is 17.8. The van der Waals surface area contributed by atoms with Crippen LogP contribution in [-0.2, 0) is 5.41 Å². The van der Waals surface area contributed by atoms with Gasteiger partial charge in [0, 0.05) is 27.3 Å². The van der Waals surface area contributed by atoms with Gasteiger partial charge in [-0.2, -0.15) is 9.97 Å². The highest BCUT2D eigenvalue weighted by Gasteiger charge is 2.36. The fourth-order valence-corrected chi connectivity index (χ4v) is 9.80. The summed E-state index contributed by atoms with van der Waals surface area (Å²) in [7, 11) is 0. The van der Waals surface area contributed by atoms with E-state index in [9.17, 15) is 0 Å². The Balaban J connectivity index is 1.16. The van der Waals surface area contributed by atoms with E-state index in [1.807, 2.05) is 0 Å². The molecule has 0 bridgehead atoms. The summed E-state index contributed by atoms with van der Waals surface area (Å²) in [6.07, 6.45) is 0. The summed E-state index contributed by atoms with van der Waals surface area (Å²) in [6, 6.07) is 77.9. The quantitative estimate of drug-likeness (QED) is 0.161. The average Bonchev–Trinajstić information content (AvgIpc) is 3.81. The number of nitrogens with zero attached hydrogens (tertiary/aromatic N) is 4. The summed E-state index contributed by atoms with van der Waals surface area (Å²) in [5.74, 6) is 1.76. The molecule has 2 heterocycles. The van der Waals surface area contributed by atoms with Crippen molar-refractivity contribution in [2.45, 2.75) is 19.3 Å². The van der Waals surface area contributed by atoms with Gasteiger partial charge in [-0.25, -0.2) is 4.98 Å². The molecule has 0 spiro atoms. The second-order valence-corrected chi connectivity index (χ2v) is 17.3. The summed E-state index contributed by atoms with van der Waals surface area (Å²) < 4.78 is 2.26. The molecule has 4 heteroatoms. The zero-order chi connectivity index (χ0) is 42.8. The maximum absolute atomic E-state index is 5.51. The van der Waals surface area contributed by atoms with Crippen LogP contribution in [0.1, 0.15) is 25.0 Å². The van der Waals surface area contributed by atoms with Crippen molar-refractivity contribution >= 4 is 21.8 Å². The highest BCUT2D eigenvalue weighted by Crippen LogP contribution is 2.51. The van der Waals surface area contributed by atoms with Gasteiger partial charge in [0.25, 0.3) is 0 Å². The fraction of sp³-hybridized carbons (Fsp3) is 0.0500. The molecule has 302 valence electrons. The van der Waals surface area contributed by atoms with Gasteiger partial charge in [-0.3, -0.25) is 4.57 Å². The molecule has 0 aliphatic heterocycles. The SMILES string of the molecule is CC1(C)c2ccccc2-c2cc3c4ccccc4n(-c4nc(-c5cc(-c6ccccc6)cc(-c6ccccc6)c5)nc(-c5cc(-c6ccccc6)cc(-c6ccccc6)c5)n4)c3cc21. The van der Waals surface area contributed by atoms with E-state index in [1.165, 1.54) is 27.6 Å². The zero-order valence-corrected chi connectivity index (χ0v) is 35.6. The minimum atomic E-state index is -0.186. The van der Waals surface area contributed by atoms with Crippen LogP contribution < -0.4 is 0 Å². The molecule has 1 aliphatic rings. The molecular weight excluding hydrogens is 777 g/mol. The summed E-state index contributed by atoms with van der Waals surface area (Å²) in [6.45, 7) is 4.67. The molecule has 2 aromatic heterocycles. The van der Waals surface area contributed by atoms with Crippen LogP contribution in [0.2, 0.25) is 0 Å². The van der Waals surface area contributed by atoms with Crippen molar-refractivity contribution in [2.24, 2.45) is 0 Å². The van der Waals surface area contributed by atoms with E-state index in [-0.39, 0.29) is 5.41 Å². The first-order valence-corrected chi connectivity index (χ1v) is 21.9. The minimum Gasteiger partial charge on any atom is -0.278 e. The Morgan fingerprint density at radius 1 is 0.312 bits per heavy atom. The summed E-state index contributed by atoms with van der Waals surface area (Å²) >= 11 is 0. The van der Waals surface area contributed by atoms with Gasteiger partial charge in [-0.05, 0) is 121 Å². The van der Waals surface area contributed by atoms with Gasteiger partial charge < -0.3 is 0 Å². The van der Waals surface area contributed by atoms with Gasteiger partial charge in [-0.1, -0.05) is 178 Å². The molecule has 0 saturated carbocycles. The molecule has 0 saturated heterocycles. The highest BCUT2D eigenvalue weighted by atomic mass is 15.2. The fourth-order valence-electron chi connectivity index (χ4n) is 9.80. The van der Waals surface area contributed by atoms with Gasteiger partial charge in [0.05, 0.1) is 11.0 Å². The zero-order valence-electron chi connectivity index (χ0n) is 35.6. The van der Waals surface area contributed by atoms with E-state index in [0.29, 0.717) is 17.6 Å². The van der Waals surface area contributed by atoms with Crippen molar-refractivity contribution in [1.29, 1.82) is 0 Å². The molecule has 0 unspecified atom stereocenters. The van der Waals surface area contributed by atoms with Crippen molar-refractivity contribution in [3.8, 4) is 84.4 Å². The van der Waals surface area contributed by atoms with Gasteiger partial charge >= 0.3 is 0 Å². The third kappa shape index (κ3) is 6.34. The van der Waals surface area contributed by atoms with E-state index < -0.39 is 0 Å². The number of para-hydroxylation sites is 1.